The monoisotopic (exact) mass is 274 g/mol. The van der Waals surface area contributed by atoms with Gasteiger partial charge in [0.1, 0.15) is 0 Å². The van der Waals surface area contributed by atoms with Gasteiger partial charge in [0.2, 0.25) is 0 Å². The smallest absolute Gasteiger partial charge is 0.154 e. The van der Waals surface area contributed by atoms with Crippen LogP contribution in [0, 0.1) is 0 Å². The van der Waals surface area contributed by atoms with Crippen LogP contribution in [0.2, 0.25) is 0 Å². The lowest BCUT2D eigenvalue weighted by Crippen LogP contribution is -2.51. The zero-order valence-electron chi connectivity index (χ0n) is 10.6. The van der Waals surface area contributed by atoms with E-state index in [0.717, 1.165) is 19.4 Å². The van der Waals surface area contributed by atoms with Crippen LogP contribution in [0.25, 0.3) is 0 Å². The Morgan fingerprint density at radius 2 is 2.00 bits per heavy atom. The van der Waals surface area contributed by atoms with Gasteiger partial charge in [0.25, 0.3) is 0 Å². The van der Waals surface area contributed by atoms with Crippen molar-refractivity contribution in [2.24, 2.45) is 0 Å². The predicted octanol–water partition coefficient (Wildman–Crippen LogP) is -0.639. The van der Waals surface area contributed by atoms with Gasteiger partial charge < -0.3 is 15.3 Å². The lowest BCUT2D eigenvalue weighted by Gasteiger charge is -2.36. The fourth-order valence-corrected chi connectivity index (χ4v) is 5.42. The number of sulfone groups is 1. The first-order valence-electron chi connectivity index (χ1n) is 6.92. The van der Waals surface area contributed by atoms with E-state index in [9.17, 15) is 13.5 Å². The van der Waals surface area contributed by atoms with E-state index in [4.69, 9.17) is 0 Å². The summed E-state index contributed by atoms with van der Waals surface area (Å²) in [7, 11) is -3.04. The molecule has 0 aliphatic carbocycles. The largest absolute Gasteiger partial charge is 0.390 e. The molecule has 0 bridgehead atoms. The number of piperidine rings is 1. The molecule has 0 aromatic rings. The first-order valence-corrected chi connectivity index (χ1v) is 8.74. The van der Waals surface area contributed by atoms with Crippen LogP contribution in [0.15, 0.2) is 0 Å². The first-order chi connectivity index (χ1) is 8.53. The molecule has 3 saturated heterocycles. The van der Waals surface area contributed by atoms with Crippen molar-refractivity contribution in [1.29, 1.82) is 0 Å². The SMILES string of the molecule is O=S1(=O)CC(O)C(NC2CCN3CCCC3C2)C1. The van der Waals surface area contributed by atoms with Crippen molar-refractivity contribution in [1.82, 2.24) is 10.2 Å². The number of rotatable bonds is 2. The average molecular weight is 274 g/mol. The molecule has 5 nitrogen and oxygen atoms in total. The fraction of sp³-hybridized carbons (Fsp3) is 1.00. The van der Waals surface area contributed by atoms with E-state index in [2.05, 4.69) is 10.2 Å². The summed E-state index contributed by atoms with van der Waals surface area (Å²) < 4.78 is 22.9. The minimum absolute atomic E-state index is 0.0764. The molecule has 2 N–H and O–H groups in total. The Hall–Kier alpha value is -0.170. The van der Waals surface area contributed by atoms with Crippen molar-refractivity contribution >= 4 is 9.84 Å². The average Bonchev–Trinajstić information content (AvgIpc) is 2.83. The first kappa shape index (κ1) is 12.8. The maximum Gasteiger partial charge on any atom is 0.154 e. The predicted molar refractivity (Wildman–Crippen MR) is 69.2 cm³/mol. The zero-order valence-corrected chi connectivity index (χ0v) is 11.4. The van der Waals surface area contributed by atoms with Crippen LogP contribution in [0.3, 0.4) is 0 Å². The summed E-state index contributed by atoms with van der Waals surface area (Å²) in [4.78, 5) is 2.54. The second-order valence-corrected chi connectivity index (χ2v) is 8.12. The summed E-state index contributed by atoms with van der Waals surface area (Å²) in [6.45, 7) is 2.33. The van der Waals surface area contributed by atoms with Crippen molar-refractivity contribution in [2.75, 3.05) is 24.6 Å². The number of nitrogens with zero attached hydrogens (tertiary/aromatic N) is 1. The Bertz CT molecular complexity index is 412. The summed E-state index contributed by atoms with van der Waals surface area (Å²) in [5, 5.41) is 13.2. The van der Waals surface area contributed by atoms with Crippen LogP contribution in [-0.2, 0) is 9.84 Å². The molecule has 6 heteroatoms. The van der Waals surface area contributed by atoms with E-state index in [-0.39, 0.29) is 17.5 Å². The molecule has 3 rings (SSSR count). The highest BCUT2D eigenvalue weighted by molar-refractivity contribution is 7.91. The zero-order chi connectivity index (χ0) is 12.8. The molecule has 3 aliphatic heterocycles. The Balaban J connectivity index is 1.57. The van der Waals surface area contributed by atoms with Gasteiger partial charge in [-0.2, -0.15) is 0 Å². The van der Waals surface area contributed by atoms with Gasteiger partial charge in [0.05, 0.1) is 17.6 Å². The number of nitrogens with one attached hydrogen (secondary N) is 1. The number of aliphatic hydroxyl groups excluding tert-OH is 1. The molecule has 0 aromatic carbocycles. The molecule has 18 heavy (non-hydrogen) atoms. The van der Waals surface area contributed by atoms with E-state index in [0.29, 0.717) is 12.1 Å². The Morgan fingerprint density at radius 3 is 2.72 bits per heavy atom. The number of aliphatic hydroxyl groups is 1. The van der Waals surface area contributed by atoms with Crippen molar-refractivity contribution in [3.05, 3.63) is 0 Å². The highest BCUT2D eigenvalue weighted by atomic mass is 32.2. The Kier molecular flexibility index (Phi) is 3.38. The standard InChI is InChI=1S/C12H22N2O3S/c15-12-8-18(16,17)7-11(12)13-9-3-5-14-4-1-2-10(14)6-9/h9-13,15H,1-8H2. The van der Waals surface area contributed by atoms with Gasteiger partial charge in [-0.3, -0.25) is 0 Å². The minimum Gasteiger partial charge on any atom is -0.390 e. The minimum atomic E-state index is -3.04. The van der Waals surface area contributed by atoms with Crippen LogP contribution in [-0.4, -0.2) is 67.2 Å². The topological polar surface area (TPSA) is 69.6 Å². The molecule has 0 saturated carbocycles. The molecule has 0 radical (unpaired) electrons. The molecular formula is C12H22N2O3S. The Labute approximate surface area is 108 Å². The third kappa shape index (κ3) is 2.57. The third-order valence-corrected chi connectivity index (χ3v) is 6.31. The van der Waals surface area contributed by atoms with Crippen LogP contribution < -0.4 is 5.32 Å². The summed E-state index contributed by atoms with van der Waals surface area (Å²) in [6.07, 6.45) is 4.00. The molecular weight excluding hydrogens is 252 g/mol. The van der Waals surface area contributed by atoms with Crippen LogP contribution in [0.5, 0.6) is 0 Å². The van der Waals surface area contributed by atoms with E-state index >= 15 is 0 Å². The summed E-state index contributed by atoms with van der Waals surface area (Å²) in [5.41, 5.74) is 0. The maximum atomic E-state index is 11.5. The lowest BCUT2D eigenvalue weighted by molar-refractivity contribution is 0.126. The van der Waals surface area contributed by atoms with Crippen LogP contribution in [0.1, 0.15) is 25.7 Å². The Morgan fingerprint density at radius 1 is 1.17 bits per heavy atom. The van der Waals surface area contributed by atoms with Gasteiger partial charge in [-0.15, -0.1) is 0 Å². The van der Waals surface area contributed by atoms with Crippen molar-refractivity contribution < 1.29 is 13.5 Å². The summed E-state index contributed by atoms with van der Waals surface area (Å²) in [5.74, 6) is 0.0198. The number of hydrogen-bond donors (Lipinski definition) is 2. The second-order valence-electron chi connectivity index (χ2n) is 5.97. The summed E-state index contributed by atoms with van der Waals surface area (Å²) in [6, 6.07) is 0.789. The molecule has 3 fully saturated rings. The third-order valence-electron chi connectivity index (χ3n) is 4.59. The molecule has 0 spiro atoms. The molecule has 0 amide bonds. The second kappa shape index (κ2) is 4.74. The number of hydrogen-bond acceptors (Lipinski definition) is 5. The van der Waals surface area contributed by atoms with Crippen molar-refractivity contribution in [3.8, 4) is 0 Å². The van der Waals surface area contributed by atoms with Crippen LogP contribution >= 0.6 is 0 Å². The lowest BCUT2D eigenvalue weighted by atomic mass is 9.96. The molecule has 4 unspecified atom stereocenters. The molecule has 3 heterocycles. The number of fused-ring (bicyclic) bond motifs is 1. The fourth-order valence-electron chi connectivity index (χ4n) is 3.67. The van der Waals surface area contributed by atoms with Crippen molar-refractivity contribution in [2.45, 2.75) is 49.9 Å². The van der Waals surface area contributed by atoms with E-state index in [1.54, 1.807) is 0 Å². The highest BCUT2D eigenvalue weighted by Gasteiger charge is 2.39. The van der Waals surface area contributed by atoms with Gasteiger partial charge in [-0.25, -0.2) is 8.42 Å². The van der Waals surface area contributed by atoms with Crippen LogP contribution in [0.4, 0.5) is 0 Å². The van der Waals surface area contributed by atoms with E-state index in [1.807, 2.05) is 0 Å². The molecule has 0 aromatic heterocycles. The van der Waals surface area contributed by atoms with Gasteiger partial charge in [0.15, 0.2) is 9.84 Å². The quantitative estimate of drug-likeness (QED) is 0.701. The van der Waals surface area contributed by atoms with Gasteiger partial charge in [0, 0.05) is 18.1 Å². The molecule has 4 atom stereocenters. The summed E-state index contributed by atoms with van der Waals surface area (Å²) >= 11 is 0. The maximum absolute atomic E-state index is 11.5. The van der Waals surface area contributed by atoms with E-state index in [1.165, 1.54) is 19.4 Å². The molecule has 3 aliphatic rings. The van der Waals surface area contributed by atoms with Gasteiger partial charge in [-0.05, 0) is 38.8 Å². The van der Waals surface area contributed by atoms with Gasteiger partial charge >= 0.3 is 0 Å². The highest BCUT2D eigenvalue weighted by Crippen LogP contribution is 2.27. The van der Waals surface area contributed by atoms with Crippen molar-refractivity contribution in [3.63, 3.8) is 0 Å². The normalized spacial score (nSPS) is 44.1. The van der Waals surface area contributed by atoms with E-state index < -0.39 is 15.9 Å². The molecule has 104 valence electrons. The van der Waals surface area contributed by atoms with Gasteiger partial charge in [-0.1, -0.05) is 0 Å².